The number of likely N-dealkylation sites (N-methyl/N-ethyl adjacent to an activating group) is 1. The normalized spacial score (nSPS) is 11.1. The van der Waals surface area contributed by atoms with Crippen molar-refractivity contribution in [2.24, 2.45) is 0 Å². The predicted octanol–water partition coefficient (Wildman–Crippen LogP) is 4.95. The standard InChI is InChI=1S/C24H29N3O2/c1-5-27(6-2)15-14-25-24(28)29-22-16-26-23(21-12-8-7-11-20(21)22)19-13-9-10-17(3)18(19)4/h7-13,16H,5-6,14-15H2,1-4H3,(H,25,28). The first kappa shape index (κ1) is 20.8. The molecule has 0 spiro atoms. The molecule has 0 saturated heterocycles. The molecule has 0 fully saturated rings. The van der Waals surface area contributed by atoms with Crippen molar-refractivity contribution in [3.8, 4) is 17.0 Å². The second kappa shape index (κ2) is 9.52. The average Bonchev–Trinajstić information content (AvgIpc) is 2.74. The largest absolute Gasteiger partial charge is 0.412 e. The van der Waals surface area contributed by atoms with Gasteiger partial charge in [0.1, 0.15) is 0 Å². The molecule has 1 heterocycles. The van der Waals surface area contributed by atoms with Gasteiger partial charge in [0.2, 0.25) is 0 Å². The summed E-state index contributed by atoms with van der Waals surface area (Å²) >= 11 is 0. The number of hydrogen-bond donors (Lipinski definition) is 1. The third-order valence-corrected chi connectivity index (χ3v) is 5.41. The summed E-state index contributed by atoms with van der Waals surface area (Å²) in [7, 11) is 0. The van der Waals surface area contributed by atoms with Gasteiger partial charge < -0.3 is 15.0 Å². The SMILES string of the molecule is CCN(CC)CCNC(=O)Oc1cnc(-c2cccc(C)c2C)c2ccccc12. The third kappa shape index (κ3) is 4.74. The molecule has 2 aromatic carbocycles. The number of fused-ring (bicyclic) bond motifs is 1. The molecule has 0 saturated carbocycles. The van der Waals surface area contributed by atoms with E-state index in [1.54, 1.807) is 6.20 Å². The van der Waals surface area contributed by atoms with Crippen LogP contribution in [0.15, 0.2) is 48.7 Å². The monoisotopic (exact) mass is 391 g/mol. The molecule has 29 heavy (non-hydrogen) atoms. The summed E-state index contributed by atoms with van der Waals surface area (Å²) in [4.78, 5) is 19.2. The van der Waals surface area contributed by atoms with Gasteiger partial charge in [0, 0.05) is 29.4 Å². The van der Waals surface area contributed by atoms with Gasteiger partial charge in [-0.15, -0.1) is 0 Å². The summed E-state index contributed by atoms with van der Waals surface area (Å²) in [5, 5.41) is 4.67. The number of nitrogens with zero attached hydrogens (tertiary/aromatic N) is 2. The van der Waals surface area contributed by atoms with Crippen LogP contribution in [0.3, 0.4) is 0 Å². The molecule has 0 bridgehead atoms. The van der Waals surface area contributed by atoms with Crippen LogP contribution in [0.25, 0.3) is 22.0 Å². The van der Waals surface area contributed by atoms with Gasteiger partial charge in [0.15, 0.2) is 5.75 Å². The number of nitrogens with one attached hydrogen (secondary N) is 1. The van der Waals surface area contributed by atoms with Crippen molar-refractivity contribution in [2.45, 2.75) is 27.7 Å². The van der Waals surface area contributed by atoms with Crippen molar-refractivity contribution in [1.29, 1.82) is 0 Å². The first-order valence-corrected chi connectivity index (χ1v) is 10.2. The first-order chi connectivity index (χ1) is 14.0. The Morgan fingerprint density at radius 1 is 1.03 bits per heavy atom. The molecule has 5 nitrogen and oxygen atoms in total. The third-order valence-electron chi connectivity index (χ3n) is 5.41. The zero-order chi connectivity index (χ0) is 20.8. The van der Waals surface area contributed by atoms with Gasteiger partial charge in [0.05, 0.1) is 11.9 Å². The van der Waals surface area contributed by atoms with E-state index in [-0.39, 0.29) is 0 Å². The topological polar surface area (TPSA) is 54.5 Å². The lowest BCUT2D eigenvalue weighted by Gasteiger charge is -2.18. The van der Waals surface area contributed by atoms with Crippen molar-refractivity contribution < 1.29 is 9.53 Å². The van der Waals surface area contributed by atoms with Crippen LogP contribution < -0.4 is 10.1 Å². The fraction of sp³-hybridized carbons (Fsp3) is 0.333. The molecule has 1 amide bonds. The molecule has 1 aromatic heterocycles. The molecule has 0 aliphatic carbocycles. The number of aromatic nitrogens is 1. The van der Waals surface area contributed by atoms with Crippen molar-refractivity contribution in [3.05, 3.63) is 59.8 Å². The van der Waals surface area contributed by atoms with Crippen molar-refractivity contribution in [2.75, 3.05) is 26.2 Å². The smallest absolute Gasteiger partial charge is 0.408 e. The van der Waals surface area contributed by atoms with Gasteiger partial charge in [-0.1, -0.05) is 56.3 Å². The summed E-state index contributed by atoms with van der Waals surface area (Å²) in [6.07, 6.45) is 1.19. The van der Waals surface area contributed by atoms with Crippen LogP contribution in [-0.4, -0.2) is 42.2 Å². The lowest BCUT2D eigenvalue weighted by atomic mass is 9.97. The van der Waals surface area contributed by atoms with Crippen LogP contribution in [0.5, 0.6) is 5.75 Å². The maximum atomic E-state index is 12.3. The van der Waals surface area contributed by atoms with Gasteiger partial charge in [0.25, 0.3) is 0 Å². The highest BCUT2D eigenvalue weighted by Gasteiger charge is 2.14. The fourth-order valence-corrected chi connectivity index (χ4v) is 3.46. The van der Waals surface area contributed by atoms with Crippen LogP contribution >= 0.6 is 0 Å². The van der Waals surface area contributed by atoms with E-state index in [0.717, 1.165) is 41.7 Å². The molecule has 3 rings (SSSR count). The average molecular weight is 392 g/mol. The number of carbonyl (C=O) groups is 1. The predicted molar refractivity (Wildman–Crippen MR) is 118 cm³/mol. The van der Waals surface area contributed by atoms with Gasteiger partial charge in [-0.2, -0.15) is 0 Å². The van der Waals surface area contributed by atoms with Crippen LogP contribution in [0.2, 0.25) is 0 Å². The Balaban J connectivity index is 1.84. The zero-order valence-electron chi connectivity index (χ0n) is 17.7. The minimum Gasteiger partial charge on any atom is -0.408 e. The lowest BCUT2D eigenvalue weighted by Crippen LogP contribution is -2.36. The Kier molecular flexibility index (Phi) is 6.83. The van der Waals surface area contributed by atoms with E-state index in [9.17, 15) is 4.79 Å². The van der Waals surface area contributed by atoms with E-state index >= 15 is 0 Å². The zero-order valence-corrected chi connectivity index (χ0v) is 17.7. The number of rotatable bonds is 7. The van der Waals surface area contributed by atoms with E-state index in [1.807, 2.05) is 30.3 Å². The first-order valence-electron chi connectivity index (χ1n) is 10.2. The molecule has 0 atom stereocenters. The molecule has 152 valence electrons. The molecule has 0 radical (unpaired) electrons. The maximum absolute atomic E-state index is 12.3. The Labute approximate surface area is 172 Å². The minimum absolute atomic E-state index is 0.455. The molecule has 5 heteroatoms. The Morgan fingerprint density at radius 3 is 2.48 bits per heavy atom. The number of pyridine rings is 1. The van der Waals surface area contributed by atoms with E-state index in [0.29, 0.717) is 12.3 Å². The molecule has 0 aliphatic heterocycles. The molecule has 3 aromatic rings. The quantitative estimate of drug-likeness (QED) is 0.619. The van der Waals surface area contributed by atoms with Crippen molar-refractivity contribution in [3.63, 3.8) is 0 Å². The van der Waals surface area contributed by atoms with Crippen molar-refractivity contribution >= 4 is 16.9 Å². The number of benzene rings is 2. The minimum atomic E-state index is -0.455. The second-order valence-electron chi connectivity index (χ2n) is 7.11. The molecular formula is C24H29N3O2. The molecular weight excluding hydrogens is 362 g/mol. The van der Waals surface area contributed by atoms with Gasteiger partial charge >= 0.3 is 6.09 Å². The summed E-state index contributed by atoms with van der Waals surface area (Å²) < 4.78 is 5.59. The van der Waals surface area contributed by atoms with E-state index in [4.69, 9.17) is 4.74 Å². The molecule has 1 N–H and O–H groups in total. The summed E-state index contributed by atoms with van der Waals surface area (Å²) in [5.41, 5.74) is 4.42. The number of hydrogen-bond acceptors (Lipinski definition) is 4. The lowest BCUT2D eigenvalue weighted by molar-refractivity contribution is 0.198. The summed E-state index contributed by atoms with van der Waals surface area (Å²) in [6, 6.07) is 14.1. The highest BCUT2D eigenvalue weighted by molar-refractivity contribution is 5.99. The highest BCUT2D eigenvalue weighted by Crippen LogP contribution is 2.34. The van der Waals surface area contributed by atoms with E-state index in [1.165, 1.54) is 11.1 Å². The number of carbonyl (C=O) groups excluding carboxylic acids is 1. The maximum Gasteiger partial charge on any atom is 0.412 e. The van der Waals surface area contributed by atoms with Crippen molar-refractivity contribution in [1.82, 2.24) is 15.2 Å². The highest BCUT2D eigenvalue weighted by atomic mass is 16.6. The summed E-state index contributed by atoms with van der Waals surface area (Å²) in [5.74, 6) is 0.468. The number of aryl methyl sites for hydroxylation is 1. The van der Waals surface area contributed by atoms with Gasteiger partial charge in [-0.05, 0) is 38.1 Å². The Hall–Kier alpha value is -2.92. The van der Waals surface area contributed by atoms with Crippen LogP contribution in [-0.2, 0) is 0 Å². The van der Waals surface area contributed by atoms with Crippen LogP contribution in [0.1, 0.15) is 25.0 Å². The summed E-state index contributed by atoms with van der Waals surface area (Å²) in [6.45, 7) is 11.7. The van der Waals surface area contributed by atoms with Gasteiger partial charge in [-0.25, -0.2) is 4.79 Å². The van der Waals surface area contributed by atoms with E-state index < -0.39 is 6.09 Å². The second-order valence-corrected chi connectivity index (χ2v) is 7.11. The van der Waals surface area contributed by atoms with Crippen LogP contribution in [0.4, 0.5) is 4.79 Å². The van der Waals surface area contributed by atoms with E-state index in [2.05, 4.69) is 55.0 Å². The van der Waals surface area contributed by atoms with Gasteiger partial charge in [-0.3, -0.25) is 4.98 Å². The Morgan fingerprint density at radius 2 is 1.76 bits per heavy atom. The Bertz CT molecular complexity index is 997. The van der Waals surface area contributed by atoms with Crippen LogP contribution in [0, 0.1) is 13.8 Å². The molecule has 0 aliphatic rings. The fourth-order valence-electron chi connectivity index (χ4n) is 3.46. The number of amides is 1. The number of ether oxygens (including phenoxy) is 1. The molecule has 0 unspecified atom stereocenters.